The zero-order valence-corrected chi connectivity index (χ0v) is 13.0. The summed E-state index contributed by atoms with van der Waals surface area (Å²) in [6.45, 7) is 2.01. The predicted molar refractivity (Wildman–Crippen MR) is 88.1 cm³/mol. The molecule has 4 rings (SSSR count). The molecule has 0 aliphatic carbocycles. The number of hydrogen-bond acceptors (Lipinski definition) is 5. The van der Waals surface area contributed by atoms with Gasteiger partial charge in [-0.2, -0.15) is 5.10 Å². The maximum absolute atomic E-state index is 4.82. The minimum absolute atomic E-state index is 0.389. The predicted octanol–water partition coefficient (Wildman–Crippen LogP) is 3.24. The summed E-state index contributed by atoms with van der Waals surface area (Å²) in [5.74, 6) is 0. The minimum atomic E-state index is 0.389. The molecule has 1 aromatic carbocycles. The van der Waals surface area contributed by atoms with E-state index in [4.69, 9.17) is 4.98 Å². The van der Waals surface area contributed by atoms with Crippen LogP contribution in [0.3, 0.4) is 0 Å². The highest BCUT2D eigenvalue weighted by Crippen LogP contribution is 2.31. The van der Waals surface area contributed by atoms with E-state index in [9.17, 15) is 0 Å². The van der Waals surface area contributed by atoms with Crippen molar-refractivity contribution in [2.45, 2.75) is 18.9 Å². The summed E-state index contributed by atoms with van der Waals surface area (Å²) in [5.41, 5.74) is 2.23. The lowest BCUT2D eigenvalue weighted by molar-refractivity contribution is 0.375. The largest absolute Gasteiger partial charge is 0.346 e. The Bertz CT molecular complexity index is 722. The zero-order valence-electron chi connectivity index (χ0n) is 12.2. The molecule has 0 saturated carbocycles. The maximum Gasteiger partial charge on any atom is 0.185 e. The zero-order chi connectivity index (χ0) is 14.8. The standard InChI is InChI=1S/C16H17N5S/c1-2-5-13(6-3-1)15-10-22-16(19-15)20-8-4-7-14(9-20)21-12-17-11-18-21/h1-3,5-6,10-12,14H,4,7-9H2. The van der Waals surface area contributed by atoms with Crippen molar-refractivity contribution in [3.05, 3.63) is 48.4 Å². The third-order valence-electron chi connectivity index (χ3n) is 4.04. The molecule has 1 atom stereocenters. The van der Waals surface area contributed by atoms with Crippen LogP contribution in [0.25, 0.3) is 11.3 Å². The molecule has 1 unspecified atom stereocenters. The van der Waals surface area contributed by atoms with Crippen molar-refractivity contribution in [2.24, 2.45) is 0 Å². The topological polar surface area (TPSA) is 46.8 Å². The summed E-state index contributed by atoms with van der Waals surface area (Å²) >= 11 is 1.72. The number of rotatable bonds is 3. The van der Waals surface area contributed by atoms with Gasteiger partial charge < -0.3 is 4.90 Å². The second kappa shape index (κ2) is 5.88. The van der Waals surface area contributed by atoms with E-state index >= 15 is 0 Å². The normalized spacial score (nSPS) is 18.5. The lowest BCUT2D eigenvalue weighted by Crippen LogP contribution is -2.36. The summed E-state index contributed by atoms with van der Waals surface area (Å²) in [4.78, 5) is 11.2. The van der Waals surface area contributed by atoms with E-state index in [-0.39, 0.29) is 0 Å². The fourth-order valence-electron chi connectivity index (χ4n) is 2.90. The van der Waals surface area contributed by atoms with Crippen LogP contribution in [0.2, 0.25) is 0 Å². The summed E-state index contributed by atoms with van der Waals surface area (Å²) in [6.07, 6.45) is 5.73. The number of piperidine rings is 1. The third-order valence-corrected chi connectivity index (χ3v) is 4.94. The van der Waals surface area contributed by atoms with Crippen LogP contribution >= 0.6 is 11.3 Å². The van der Waals surface area contributed by atoms with Gasteiger partial charge in [-0.1, -0.05) is 30.3 Å². The highest BCUT2D eigenvalue weighted by atomic mass is 32.1. The summed E-state index contributed by atoms with van der Waals surface area (Å²) < 4.78 is 1.97. The van der Waals surface area contributed by atoms with E-state index in [0.717, 1.165) is 36.8 Å². The number of thiazole rings is 1. The average Bonchev–Trinajstić information content (AvgIpc) is 3.28. The highest BCUT2D eigenvalue weighted by Gasteiger charge is 2.23. The fourth-order valence-corrected chi connectivity index (χ4v) is 3.77. The molecule has 3 aromatic rings. The van der Waals surface area contributed by atoms with Crippen LogP contribution in [0.4, 0.5) is 5.13 Å². The van der Waals surface area contributed by atoms with Gasteiger partial charge in [-0.15, -0.1) is 11.3 Å². The Morgan fingerprint density at radius 3 is 2.91 bits per heavy atom. The van der Waals surface area contributed by atoms with Gasteiger partial charge in [0.1, 0.15) is 12.7 Å². The first-order valence-corrected chi connectivity index (χ1v) is 8.38. The smallest absolute Gasteiger partial charge is 0.185 e. The molecule has 1 fully saturated rings. The second-order valence-corrected chi connectivity index (χ2v) is 6.34. The quantitative estimate of drug-likeness (QED) is 0.745. The molecular weight excluding hydrogens is 294 g/mol. The van der Waals surface area contributed by atoms with Gasteiger partial charge in [0, 0.05) is 24.0 Å². The molecule has 1 aliphatic rings. The van der Waals surface area contributed by atoms with Crippen LogP contribution in [0, 0.1) is 0 Å². The molecule has 0 spiro atoms. The monoisotopic (exact) mass is 311 g/mol. The van der Waals surface area contributed by atoms with E-state index in [1.54, 1.807) is 17.7 Å². The van der Waals surface area contributed by atoms with Crippen molar-refractivity contribution in [1.82, 2.24) is 19.7 Å². The third kappa shape index (κ3) is 2.62. The van der Waals surface area contributed by atoms with Gasteiger partial charge >= 0.3 is 0 Å². The van der Waals surface area contributed by atoms with Crippen molar-refractivity contribution in [2.75, 3.05) is 18.0 Å². The van der Waals surface area contributed by atoms with Crippen LogP contribution in [-0.4, -0.2) is 32.8 Å². The van der Waals surface area contributed by atoms with Gasteiger partial charge in [0.2, 0.25) is 0 Å². The first-order valence-electron chi connectivity index (χ1n) is 7.50. The molecule has 0 bridgehead atoms. The van der Waals surface area contributed by atoms with Gasteiger partial charge in [-0.3, -0.25) is 0 Å². The Morgan fingerprint density at radius 2 is 2.09 bits per heavy atom. The number of hydrogen-bond donors (Lipinski definition) is 0. The van der Waals surface area contributed by atoms with Crippen molar-refractivity contribution < 1.29 is 0 Å². The number of anilines is 1. The molecular formula is C16H17N5S. The lowest BCUT2D eigenvalue weighted by Gasteiger charge is -2.32. The van der Waals surface area contributed by atoms with E-state index in [0.29, 0.717) is 6.04 Å². The Kier molecular flexibility index (Phi) is 3.60. The number of nitrogens with zero attached hydrogens (tertiary/aromatic N) is 5. The van der Waals surface area contributed by atoms with Gasteiger partial charge in [0.25, 0.3) is 0 Å². The first-order chi connectivity index (χ1) is 10.9. The Morgan fingerprint density at radius 1 is 1.18 bits per heavy atom. The molecule has 1 aliphatic heterocycles. The number of benzene rings is 1. The minimum Gasteiger partial charge on any atom is -0.346 e. The molecule has 0 N–H and O–H groups in total. The fraction of sp³-hybridized carbons (Fsp3) is 0.312. The molecule has 1 saturated heterocycles. The van der Waals surface area contributed by atoms with E-state index in [1.165, 1.54) is 5.56 Å². The van der Waals surface area contributed by atoms with Gasteiger partial charge in [-0.05, 0) is 12.8 Å². The molecule has 22 heavy (non-hydrogen) atoms. The number of aromatic nitrogens is 4. The molecule has 0 radical (unpaired) electrons. The van der Waals surface area contributed by atoms with Gasteiger partial charge in [-0.25, -0.2) is 14.6 Å². The average molecular weight is 311 g/mol. The van der Waals surface area contributed by atoms with Crippen LogP contribution < -0.4 is 4.90 Å². The van der Waals surface area contributed by atoms with E-state index in [2.05, 4.69) is 44.6 Å². The van der Waals surface area contributed by atoms with Crippen LogP contribution in [0.5, 0.6) is 0 Å². The second-order valence-electron chi connectivity index (χ2n) is 5.50. The Hall–Kier alpha value is -2.21. The van der Waals surface area contributed by atoms with Crippen molar-refractivity contribution in [3.8, 4) is 11.3 Å². The lowest BCUT2D eigenvalue weighted by atomic mass is 10.1. The summed E-state index contributed by atoms with van der Waals surface area (Å²) in [5, 5.41) is 7.53. The van der Waals surface area contributed by atoms with E-state index in [1.807, 2.05) is 17.1 Å². The summed E-state index contributed by atoms with van der Waals surface area (Å²) in [7, 11) is 0. The van der Waals surface area contributed by atoms with Gasteiger partial charge in [0.05, 0.1) is 11.7 Å². The SMILES string of the molecule is c1ccc(-c2csc(N3CCCC(n4cncn4)C3)n2)cc1. The molecule has 112 valence electrons. The van der Waals surface area contributed by atoms with Crippen LogP contribution in [0.1, 0.15) is 18.9 Å². The van der Waals surface area contributed by atoms with Crippen molar-refractivity contribution in [1.29, 1.82) is 0 Å². The van der Waals surface area contributed by atoms with Gasteiger partial charge in [0.15, 0.2) is 5.13 Å². The van der Waals surface area contributed by atoms with Crippen LogP contribution in [-0.2, 0) is 0 Å². The molecule has 2 aromatic heterocycles. The van der Waals surface area contributed by atoms with Crippen molar-refractivity contribution >= 4 is 16.5 Å². The molecule has 0 amide bonds. The maximum atomic E-state index is 4.82. The molecule has 3 heterocycles. The van der Waals surface area contributed by atoms with E-state index < -0.39 is 0 Å². The summed E-state index contributed by atoms with van der Waals surface area (Å²) in [6, 6.07) is 10.7. The Balaban J connectivity index is 1.53. The molecule has 6 heteroatoms. The van der Waals surface area contributed by atoms with Crippen LogP contribution in [0.15, 0.2) is 48.4 Å². The van der Waals surface area contributed by atoms with Crippen molar-refractivity contribution in [3.63, 3.8) is 0 Å². The Labute approximate surface area is 133 Å². The molecule has 5 nitrogen and oxygen atoms in total. The first kappa shape index (κ1) is 13.5. The highest BCUT2D eigenvalue weighted by molar-refractivity contribution is 7.14.